The molecule has 0 aliphatic heterocycles. The van der Waals surface area contributed by atoms with Crippen molar-refractivity contribution in [2.24, 2.45) is 13.0 Å². The van der Waals surface area contributed by atoms with Crippen LogP contribution in [-0.2, 0) is 11.8 Å². The molecule has 1 aromatic heterocycles. The molecule has 0 fully saturated rings. The van der Waals surface area contributed by atoms with Crippen molar-refractivity contribution in [3.05, 3.63) is 69.5 Å². The average molecular weight is 530 g/mol. The number of amides is 2. The second-order valence-corrected chi connectivity index (χ2v) is 10.1. The summed E-state index contributed by atoms with van der Waals surface area (Å²) in [7, 11) is 1.85. The summed E-state index contributed by atoms with van der Waals surface area (Å²) >= 11 is 4.76. The van der Waals surface area contributed by atoms with Crippen molar-refractivity contribution in [2.75, 3.05) is 11.1 Å². The van der Waals surface area contributed by atoms with E-state index >= 15 is 0 Å². The number of aromatic nitrogens is 3. The van der Waals surface area contributed by atoms with Gasteiger partial charge in [0, 0.05) is 22.8 Å². The monoisotopic (exact) mass is 529 g/mol. The molecule has 1 atom stereocenters. The van der Waals surface area contributed by atoms with Crippen LogP contribution in [0.25, 0.3) is 0 Å². The van der Waals surface area contributed by atoms with Gasteiger partial charge in [-0.25, -0.2) is 0 Å². The van der Waals surface area contributed by atoms with Gasteiger partial charge in [0.2, 0.25) is 5.91 Å². The second-order valence-electron chi connectivity index (χ2n) is 8.27. The number of halogens is 1. The molecule has 2 amide bonds. The van der Waals surface area contributed by atoms with Crippen LogP contribution in [0.5, 0.6) is 0 Å². The Morgan fingerprint density at radius 2 is 1.88 bits per heavy atom. The Bertz CT molecular complexity index is 1160. The summed E-state index contributed by atoms with van der Waals surface area (Å²) in [6.45, 7) is 7.97. The van der Waals surface area contributed by atoms with Crippen molar-refractivity contribution in [3.8, 4) is 0 Å². The van der Waals surface area contributed by atoms with Crippen LogP contribution in [0.4, 0.5) is 5.69 Å². The lowest BCUT2D eigenvalue weighted by molar-refractivity contribution is -0.113. The van der Waals surface area contributed by atoms with Crippen LogP contribution in [0.15, 0.2) is 52.1 Å². The summed E-state index contributed by atoms with van der Waals surface area (Å²) in [4.78, 5) is 25.2. The average Bonchev–Trinajstić information content (AvgIpc) is 3.12. The third kappa shape index (κ3) is 6.45. The number of benzene rings is 2. The van der Waals surface area contributed by atoms with E-state index in [4.69, 9.17) is 0 Å². The first-order valence-electron chi connectivity index (χ1n) is 10.6. The quantitative estimate of drug-likeness (QED) is 0.398. The molecular formula is C24H28BrN5O2S. The van der Waals surface area contributed by atoms with Crippen molar-refractivity contribution >= 4 is 45.2 Å². The summed E-state index contributed by atoms with van der Waals surface area (Å²) < 4.78 is 2.83. The van der Waals surface area contributed by atoms with Gasteiger partial charge in [0.05, 0.1) is 11.8 Å². The summed E-state index contributed by atoms with van der Waals surface area (Å²) in [5.74, 6) is 0.669. The molecule has 7 nitrogen and oxygen atoms in total. The van der Waals surface area contributed by atoms with Crippen molar-refractivity contribution in [1.82, 2.24) is 20.1 Å². The van der Waals surface area contributed by atoms with Gasteiger partial charge in [0.1, 0.15) is 0 Å². The van der Waals surface area contributed by atoms with Crippen LogP contribution in [-0.4, -0.2) is 32.3 Å². The van der Waals surface area contributed by atoms with Gasteiger partial charge in [-0.3, -0.25) is 9.59 Å². The highest BCUT2D eigenvalue weighted by Crippen LogP contribution is 2.25. The molecule has 0 saturated carbocycles. The number of hydrogen-bond donors (Lipinski definition) is 2. The fourth-order valence-corrected chi connectivity index (χ4v) is 4.28. The number of thioether (sulfide) groups is 1. The Hall–Kier alpha value is -2.65. The molecule has 0 radical (unpaired) electrons. The fraction of sp³-hybridized carbons (Fsp3) is 0.333. The standard InChI is InChI=1S/C24H28BrN5O2S/c1-14(2)21(27-23(32)17-8-6-7-15(3)11-17)22-28-29-24(30(22)5)33-13-20(31)26-18-9-10-19(25)16(4)12-18/h6-12,14,21H,13H2,1-5H3,(H,26,31)(H,27,32)/t21-/m0/s1. The lowest BCUT2D eigenvalue weighted by Crippen LogP contribution is -2.33. The van der Waals surface area contributed by atoms with Gasteiger partial charge in [0.15, 0.2) is 11.0 Å². The molecule has 2 aromatic carbocycles. The van der Waals surface area contributed by atoms with Crippen molar-refractivity contribution in [1.29, 1.82) is 0 Å². The van der Waals surface area contributed by atoms with E-state index in [1.54, 1.807) is 6.07 Å². The first-order chi connectivity index (χ1) is 15.7. The topological polar surface area (TPSA) is 88.9 Å². The molecule has 3 aromatic rings. The molecule has 0 saturated heterocycles. The Kier molecular flexibility index (Phi) is 8.31. The number of anilines is 1. The molecule has 0 spiro atoms. The summed E-state index contributed by atoms with van der Waals surface area (Å²) in [6.07, 6.45) is 0. The van der Waals surface area contributed by atoms with Crippen LogP contribution < -0.4 is 10.6 Å². The maximum Gasteiger partial charge on any atom is 0.251 e. The molecule has 0 aliphatic carbocycles. The third-order valence-electron chi connectivity index (χ3n) is 5.15. The van der Waals surface area contributed by atoms with E-state index in [9.17, 15) is 9.59 Å². The van der Waals surface area contributed by atoms with E-state index in [0.717, 1.165) is 21.3 Å². The lowest BCUT2D eigenvalue weighted by Gasteiger charge is -2.21. The van der Waals surface area contributed by atoms with Gasteiger partial charge in [-0.05, 0) is 55.7 Å². The fourth-order valence-electron chi connectivity index (χ4n) is 3.31. The third-order valence-corrected chi connectivity index (χ3v) is 7.06. The SMILES string of the molecule is Cc1cccc(C(=O)N[C@H](c2nnc(SCC(=O)Nc3ccc(Br)c(C)c3)n2C)C(C)C)c1. The van der Waals surface area contributed by atoms with E-state index in [1.165, 1.54) is 11.8 Å². The number of nitrogens with one attached hydrogen (secondary N) is 2. The highest BCUT2D eigenvalue weighted by Gasteiger charge is 2.25. The summed E-state index contributed by atoms with van der Waals surface area (Å²) in [5, 5.41) is 15.2. The maximum absolute atomic E-state index is 12.8. The van der Waals surface area contributed by atoms with E-state index in [0.29, 0.717) is 16.5 Å². The molecule has 2 N–H and O–H groups in total. The summed E-state index contributed by atoms with van der Waals surface area (Å²) in [6, 6.07) is 12.8. The van der Waals surface area contributed by atoms with Crippen LogP contribution in [0.1, 0.15) is 47.2 Å². The first-order valence-corrected chi connectivity index (χ1v) is 12.4. The van der Waals surface area contributed by atoms with E-state index in [-0.39, 0.29) is 29.5 Å². The van der Waals surface area contributed by atoms with Crippen molar-refractivity contribution in [2.45, 2.75) is 38.9 Å². The van der Waals surface area contributed by atoms with Crippen molar-refractivity contribution < 1.29 is 9.59 Å². The Morgan fingerprint density at radius 3 is 2.55 bits per heavy atom. The van der Waals surface area contributed by atoms with Gasteiger partial charge in [0.25, 0.3) is 5.91 Å². The normalized spacial score (nSPS) is 12.0. The smallest absolute Gasteiger partial charge is 0.251 e. The largest absolute Gasteiger partial charge is 0.342 e. The predicted octanol–water partition coefficient (Wildman–Crippen LogP) is 5.05. The molecule has 1 heterocycles. The molecule has 3 rings (SSSR count). The zero-order valence-corrected chi connectivity index (χ0v) is 21.8. The van der Waals surface area contributed by atoms with Gasteiger partial charge < -0.3 is 15.2 Å². The minimum atomic E-state index is -0.315. The number of carbonyl (C=O) groups excluding carboxylic acids is 2. The van der Waals surface area contributed by atoms with Gasteiger partial charge in [-0.15, -0.1) is 10.2 Å². The number of rotatable bonds is 8. The Labute approximate surface area is 206 Å². The maximum atomic E-state index is 12.8. The van der Waals surface area contributed by atoms with Crippen LogP contribution in [0.3, 0.4) is 0 Å². The highest BCUT2D eigenvalue weighted by atomic mass is 79.9. The lowest BCUT2D eigenvalue weighted by atomic mass is 10.0. The number of carbonyl (C=O) groups is 2. The van der Waals surface area contributed by atoms with Gasteiger partial charge >= 0.3 is 0 Å². The minimum absolute atomic E-state index is 0.100. The van der Waals surface area contributed by atoms with E-state index in [1.807, 2.05) is 75.7 Å². The zero-order chi connectivity index (χ0) is 24.1. The summed E-state index contributed by atoms with van der Waals surface area (Å²) in [5.41, 5.74) is 3.43. The Morgan fingerprint density at radius 1 is 1.12 bits per heavy atom. The zero-order valence-electron chi connectivity index (χ0n) is 19.3. The minimum Gasteiger partial charge on any atom is -0.342 e. The van der Waals surface area contributed by atoms with Gasteiger partial charge in [-0.2, -0.15) is 0 Å². The molecular weight excluding hydrogens is 502 g/mol. The molecule has 0 aliphatic rings. The van der Waals surface area contributed by atoms with Gasteiger partial charge in [-0.1, -0.05) is 59.2 Å². The number of aryl methyl sites for hydroxylation is 2. The molecule has 0 unspecified atom stereocenters. The molecule has 9 heteroatoms. The van der Waals surface area contributed by atoms with E-state index in [2.05, 4.69) is 36.8 Å². The van der Waals surface area contributed by atoms with E-state index < -0.39 is 0 Å². The van der Waals surface area contributed by atoms with Crippen LogP contribution in [0.2, 0.25) is 0 Å². The van der Waals surface area contributed by atoms with Crippen molar-refractivity contribution in [3.63, 3.8) is 0 Å². The number of hydrogen-bond acceptors (Lipinski definition) is 5. The first kappa shape index (κ1) is 25.0. The van der Waals surface area contributed by atoms with Crippen LogP contribution in [0, 0.1) is 19.8 Å². The predicted molar refractivity (Wildman–Crippen MR) is 135 cm³/mol. The molecule has 0 bridgehead atoms. The molecule has 174 valence electrons. The Balaban J connectivity index is 1.66. The highest BCUT2D eigenvalue weighted by molar-refractivity contribution is 9.10. The molecule has 33 heavy (non-hydrogen) atoms. The van der Waals surface area contributed by atoms with Crippen LogP contribution >= 0.6 is 27.7 Å². The second kappa shape index (κ2) is 11.0. The number of nitrogens with zero attached hydrogens (tertiary/aromatic N) is 3.